The van der Waals surface area contributed by atoms with Crippen LogP contribution in [0, 0.1) is 0 Å². The van der Waals surface area contributed by atoms with Crippen molar-refractivity contribution in [2.75, 3.05) is 32.8 Å². The van der Waals surface area contributed by atoms with Gasteiger partial charge in [-0.1, -0.05) is 41.9 Å². The van der Waals surface area contributed by atoms with Crippen LogP contribution in [0.5, 0.6) is 5.75 Å². The molecule has 7 heteroatoms. The van der Waals surface area contributed by atoms with Gasteiger partial charge in [-0.3, -0.25) is 4.79 Å². The Labute approximate surface area is 187 Å². The number of benzene rings is 2. The molecule has 164 valence electrons. The SMILES string of the molecule is O=C(O)COc1ccc(CC(=O)N2CCc3ccccc3C2CN2CCCC2)cc1Cl. The molecular formula is C24H27ClN2O4. The van der Waals surface area contributed by atoms with Crippen molar-refractivity contribution >= 4 is 23.5 Å². The monoisotopic (exact) mass is 442 g/mol. The van der Waals surface area contributed by atoms with Crippen molar-refractivity contribution in [3.8, 4) is 5.75 Å². The van der Waals surface area contributed by atoms with Gasteiger partial charge in [0.15, 0.2) is 6.61 Å². The average molecular weight is 443 g/mol. The third-order valence-corrected chi connectivity index (χ3v) is 6.36. The van der Waals surface area contributed by atoms with Gasteiger partial charge in [0.2, 0.25) is 5.91 Å². The van der Waals surface area contributed by atoms with Crippen LogP contribution in [-0.2, 0) is 22.4 Å². The second-order valence-electron chi connectivity index (χ2n) is 8.18. The van der Waals surface area contributed by atoms with Crippen LogP contribution < -0.4 is 4.74 Å². The molecular weight excluding hydrogens is 416 g/mol. The standard InChI is InChI=1S/C24H27ClN2O4/c25-20-13-17(7-8-22(20)31-16-24(29)30)14-23(28)27-12-9-18-5-1-2-6-19(18)21(27)15-26-10-3-4-11-26/h1-2,5-8,13,21H,3-4,9-12,14-16H2,(H,29,30). The number of rotatable bonds is 7. The first kappa shape index (κ1) is 21.7. The summed E-state index contributed by atoms with van der Waals surface area (Å²) in [6.07, 6.45) is 3.55. The van der Waals surface area contributed by atoms with E-state index in [-0.39, 0.29) is 18.4 Å². The number of fused-ring (bicyclic) bond motifs is 1. The molecule has 6 nitrogen and oxygen atoms in total. The Bertz CT molecular complexity index is 958. The predicted molar refractivity (Wildman–Crippen MR) is 119 cm³/mol. The lowest BCUT2D eigenvalue weighted by Gasteiger charge is -2.39. The van der Waals surface area contributed by atoms with Gasteiger partial charge in [-0.25, -0.2) is 4.79 Å². The van der Waals surface area contributed by atoms with Crippen molar-refractivity contribution in [3.05, 3.63) is 64.2 Å². The van der Waals surface area contributed by atoms with Gasteiger partial charge in [0.1, 0.15) is 5.75 Å². The van der Waals surface area contributed by atoms with Crippen LogP contribution in [-0.4, -0.2) is 59.6 Å². The van der Waals surface area contributed by atoms with Crippen LogP contribution in [0.1, 0.15) is 35.6 Å². The molecule has 1 fully saturated rings. The van der Waals surface area contributed by atoms with Crippen LogP contribution in [0.3, 0.4) is 0 Å². The molecule has 0 spiro atoms. The van der Waals surface area contributed by atoms with Crippen LogP contribution in [0.4, 0.5) is 0 Å². The third kappa shape index (κ3) is 5.20. The summed E-state index contributed by atoms with van der Waals surface area (Å²) in [7, 11) is 0. The van der Waals surface area contributed by atoms with Gasteiger partial charge in [0.05, 0.1) is 17.5 Å². The molecule has 1 amide bonds. The van der Waals surface area contributed by atoms with Gasteiger partial charge in [-0.05, 0) is 61.2 Å². The summed E-state index contributed by atoms with van der Waals surface area (Å²) in [5.41, 5.74) is 3.37. The highest BCUT2D eigenvalue weighted by molar-refractivity contribution is 6.32. The maximum Gasteiger partial charge on any atom is 0.341 e. The summed E-state index contributed by atoms with van der Waals surface area (Å²) in [5, 5.41) is 9.07. The number of aliphatic carboxylic acids is 1. The number of nitrogens with zero attached hydrogens (tertiary/aromatic N) is 2. The van der Waals surface area contributed by atoms with Crippen molar-refractivity contribution in [1.29, 1.82) is 0 Å². The molecule has 2 heterocycles. The largest absolute Gasteiger partial charge is 0.480 e. The first-order valence-corrected chi connectivity index (χ1v) is 11.1. The number of hydrogen-bond donors (Lipinski definition) is 1. The van der Waals surface area contributed by atoms with E-state index in [4.69, 9.17) is 21.4 Å². The van der Waals surface area contributed by atoms with Crippen molar-refractivity contribution in [2.45, 2.75) is 31.7 Å². The number of likely N-dealkylation sites (tertiary alicyclic amines) is 1. The zero-order valence-electron chi connectivity index (χ0n) is 17.4. The number of ether oxygens (including phenoxy) is 1. The molecule has 0 aromatic heterocycles. The van der Waals surface area contributed by atoms with Gasteiger partial charge in [0, 0.05) is 13.1 Å². The Morgan fingerprint density at radius 2 is 1.87 bits per heavy atom. The first-order chi connectivity index (χ1) is 15.0. The fourth-order valence-electron chi connectivity index (χ4n) is 4.54. The van der Waals surface area contributed by atoms with Gasteiger partial charge in [0.25, 0.3) is 0 Å². The smallest absolute Gasteiger partial charge is 0.341 e. The molecule has 31 heavy (non-hydrogen) atoms. The lowest BCUT2D eigenvalue weighted by molar-refractivity contribution is -0.139. The molecule has 1 N–H and O–H groups in total. The van der Waals surface area contributed by atoms with E-state index in [1.807, 2.05) is 4.90 Å². The molecule has 2 aliphatic heterocycles. The number of halogens is 1. The predicted octanol–water partition coefficient (Wildman–Crippen LogP) is 3.57. The number of amides is 1. The van der Waals surface area contributed by atoms with Gasteiger partial charge < -0.3 is 19.6 Å². The summed E-state index contributed by atoms with van der Waals surface area (Å²) < 4.78 is 5.17. The molecule has 0 bridgehead atoms. The number of carbonyl (C=O) groups excluding carboxylic acids is 1. The summed E-state index contributed by atoms with van der Waals surface area (Å²) in [4.78, 5) is 28.5. The fourth-order valence-corrected chi connectivity index (χ4v) is 4.80. The molecule has 0 radical (unpaired) electrons. The average Bonchev–Trinajstić information content (AvgIpc) is 3.26. The van der Waals surface area contributed by atoms with Crippen molar-refractivity contribution in [3.63, 3.8) is 0 Å². The maximum absolute atomic E-state index is 13.3. The Hall–Kier alpha value is -2.57. The van der Waals surface area contributed by atoms with E-state index in [1.54, 1.807) is 18.2 Å². The molecule has 0 saturated carbocycles. The normalized spacial score (nSPS) is 18.6. The van der Waals surface area contributed by atoms with Crippen LogP contribution in [0.15, 0.2) is 42.5 Å². The zero-order chi connectivity index (χ0) is 21.8. The number of hydrogen-bond acceptors (Lipinski definition) is 4. The molecule has 2 aliphatic rings. The van der Waals surface area contributed by atoms with Gasteiger partial charge in [-0.2, -0.15) is 0 Å². The van der Waals surface area contributed by atoms with E-state index < -0.39 is 12.6 Å². The maximum atomic E-state index is 13.3. The Morgan fingerprint density at radius 1 is 1.10 bits per heavy atom. The topological polar surface area (TPSA) is 70.1 Å². The minimum atomic E-state index is -1.07. The molecule has 2 aromatic carbocycles. The Kier molecular flexibility index (Phi) is 6.78. The van der Waals surface area contributed by atoms with Crippen molar-refractivity contribution in [1.82, 2.24) is 9.80 Å². The van der Waals surface area contributed by atoms with Crippen LogP contribution in [0.25, 0.3) is 0 Å². The van der Waals surface area contributed by atoms with E-state index in [9.17, 15) is 9.59 Å². The van der Waals surface area contributed by atoms with E-state index in [1.165, 1.54) is 24.0 Å². The van der Waals surface area contributed by atoms with Crippen molar-refractivity contribution < 1.29 is 19.4 Å². The number of carboxylic acid groups (broad SMARTS) is 1. The third-order valence-electron chi connectivity index (χ3n) is 6.07. The minimum absolute atomic E-state index is 0.0594. The fraction of sp³-hybridized carbons (Fsp3) is 0.417. The minimum Gasteiger partial charge on any atom is -0.480 e. The summed E-state index contributed by atoms with van der Waals surface area (Å²) in [6.45, 7) is 3.30. The first-order valence-electron chi connectivity index (χ1n) is 10.7. The van der Waals surface area contributed by atoms with E-state index in [0.717, 1.165) is 31.6 Å². The van der Waals surface area contributed by atoms with E-state index in [2.05, 4.69) is 29.2 Å². The lowest BCUT2D eigenvalue weighted by atomic mass is 9.91. The Balaban J connectivity index is 1.50. The second-order valence-corrected chi connectivity index (χ2v) is 8.59. The van der Waals surface area contributed by atoms with Gasteiger partial charge >= 0.3 is 5.97 Å². The highest BCUT2D eigenvalue weighted by Crippen LogP contribution is 2.32. The van der Waals surface area contributed by atoms with Crippen molar-refractivity contribution in [2.24, 2.45) is 0 Å². The lowest BCUT2D eigenvalue weighted by Crippen LogP contribution is -2.45. The van der Waals surface area contributed by atoms with E-state index in [0.29, 0.717) is 17.3 Å². The molecule has 0 aliphatic carbocycles. The second kappa shape index (κ2) is 9.71. The Morgan fingerprint density at radius 3 is 2.61 bits per heavy atom. The summed E-state index contributed by atoms with van der Waals surface area (Å²) in [6, 6.07) is 13.6. The highest BCUT2D eigenvalue weighted by Gasteiger charge is 2.32. The number of carbonyl (C=O) groups is 2. The number of carboxylic acids is 1. The zero-order valence-corrected chi connectivity index (χ0v) is 18.2. The molecule has 2 aromatic rings. The summed E-state index contributed by atoms with van der Waals surface area (Å²) in [5.74, 6) is -0.683. The molecule has 1 saturated heterocycles. The highest BCUT2D eigenvalue weighted by atomic mass is 35.5. The summed E-state index contributed by atoms with van der Waals surface area (Å²) >= 11 is 6.24. The van der Waals surface area contributed by atoms with E-state index >= 15 is 0 Å². The molecule has 4 rings (SSSR count). The van der Waals surface area contributed by atoms with Crippen LogP contribution >= 0.6 is 11.6 Å². The van der Waals surface area contributed by atoms with Crippen LogP contribution in [0.2, 0.25) is 5.02 Å². The molecule has 1 atom stereocenters. The quantitative estimate of drug-likeness (QED) is 0.709. The molecule has 1 unspecified atom stereocenters. The van der Waals surface area contributed by atoms with Gasteiger partial charge in [-0.15, -0.1) is 0 Å².